The number of carbonyl (C=O) groups is 2. The fraction of sp³-hybridized carbons (Fsp3) is 0.111. The molecule has 1 amide bonds. The molecule has 0 radical (unpaired) electrons. The van der Waals surface area contributed by atoms with Crippen molar-refractivity contribution in [2.24, 2.45) is 0 Å². The van der Waals surface area contributed by atoms with E-state index in [9.17, 15) is 9.59 Å². The third kappa shape index (κ3) is 4.45. The zero-order valence-corrected chi connectivity index (χ0v) is 14.8. The van der Waals surface area contributed by atoms with Gasteiger partial charge in [0.25, 0.3) is 0 Å². The Morgan fingerprint density at radius 3 is 2.54 bits per heavy atom. The van der Waals surface area contributed by atoms with Crippen molar-refractivity contribution in [1.29, 1.82) is 0 Å². The van der Waals surface area contributed by atoms with E-state index in [-0.39, 0.29) is 5.91 Å². The van der Waals surface area contributed by atoms with Crippen molar-refractivity contribution in [3.05, 3.63) is 64.1 Å². The van der Waals surface area contributed by atoms with Crippen LogP contribution >= 0.6 is 15.9 Å². The van der Waals surface area contributed by atoms with Crippen molar-refractivity contribution in [2.45, 2.75) is 0 Å². The zero-order valence-electron chi connectivity index (χ0n) is 13.2. The molecule has 0 saturated heterocycles. The van der Waals surface area contributed by atoms with Gasteiger partial charge < -0.3 is 14.8 Å². The quantitative estimate of drug-likeness (QED) is 0.622. The van der Waals surface area contributed by atoms with Crippen LogP contribution in [0.25, 0.3) is 6.08 Å². The van der Waals surface area contributed by atoms with Gasteiger partial charge in [0.05, 0.1) is 29.9 Å². The monoisotopic (exact) mass is 389 g/mol. The molecule has 0 saturated carbocycles. The number of anilines is 1. The Bertz CT molecular complexity index is 786. The highest BCUT2D eigenvalue weighted by Crippen LogP contribution is 2.26. The molecule has 5 nitrogen and oxygen atoms in total. The summed E-state index contributed by atoms with van der Waals surface area (Å²) in [7, 11) is 2.88. The van der Waals surface area contributed by atoms with Crippen LogP contribution in [0.4, 0.5) is 5.69 Å². The Kier molecular flexibility index (Phi) is 6.14. The lowest BCUT2D eigenvalue weighted by Gasteiger charge is -2.07. The number of hydrogen-bond acceptors (Lipinski definition) is 4. The summed E-state index contributed by atoms with van der Waals surface area (Å²) < 4.78 is 10.6. The zero-order chi connectivity index (χ0) is 17.5. The fourth-order valence-corrected chi connectivity index (χ4v) is 2.57. The van der Waals surface area contributed by atoms with Gasteiger partial charge in [-0.1, -0.05) is 18.2 Å². The van der Waals surface area contributed by atoms with Crippen LogP contribution < -0.4 is 10.1 Å². The minimum absolute atomic E-state index is 0.300. The Balaban J connectivity index is 2.11. The summed E-state index contributed by atoms with van der Waals surface area (Å²) in [6.45, 7) is 0. The molecular formula is C18H16BrNO4. The van der Waals surface area contributed by atoms with E-state index < -0.39 is 5.97 Å². The van der Waals surface area contributed by atoms with Crippen LogP contribution in [0.2, 0.25) is 0 Å². The maximum absolute atomic E-state index is 12.1. The molecule has 24 heavy (non-hydrogen) atoms. The highest BCUT2D eigenvalue weighted by Gasteiger charge is 2.12. The number of nitrogens with one attached hydrogen (secondary N) is 1. The highest BCUT2D eigenvalue weighted by molar-refractivity contribution is 9.10. The van der Waals surface area contributed by atoms with Crippen molar-refractivity contribution in [3.63, 3.8) is 0 Å². The lowest BCUT2D eigenvalue weighted by atomic mass is 10.1. The predicted octanol–water partition coefficient (Wildman–Crippen LogP) is 3.90. The van der Waals surface area contributed by atoms with Gasteiger partial charge in [0.15, 0.2) is 0 Å². The molecule has 0 bridgehead atoms. The number of methoxy groups -OCH3 is 2. The average Bonchev–Trinajstić information content (AvgIpc) is 2.60. The molecular weight excluding hydrogens is 374 g/mol. The molecule has 0 aliphatic rings. The molecule has 0 atom stereocenters. The van der Waals surface area contributed by atoms with E-state index in [1.54, 1.807) is 43.5 Å². The van der Waals surface area contributed by atoms with Crippen LogP contribution in [0.5, 0.6) is 5.75 Å². The summed E-state index contributed by atoms with van der Waals surface area (Å²) in [6, 6.07) is 12.1. The van der Waals surface area contributed by atoms with Gasteiger partial charge in [-0.15, -0.1) is 0 Å². The third-order valence-electron chi connectivity index (χ3n) is 3.19. The van der Waals surface area contributed by atoms with Gasteiger partial charge in [0.1, 0.15) is 5.75 Å². The second-order valence-corrected chi connectivity index (χ2v) is 5.61. The lowest BCUT2D eigenvalue weighted by molar-refractivity contribution is -0.111. The minimum atomic E-state index is -0.506. The van der Waals surface area contributed by atoms with Crippen molar-refractivity contribution < 1.29 is 19.1 Å². The molecule has 2 aromatic carbocycles. The van der Waals surface area contributed by atoms with Crippen molar-refractivity contribution in [1.82, 2.24) is 0 Å². The molecule has 0 unspecified atom stereocenters. The van der Waals surface area contributed by atoms with E-state index in [1.807, 2.05) is 12.1 Å². The summed E-state index contributed by atoms with van der Waals surface area (Å²) in [6.07, 6.45) is 3.06. The smallest absolute Gasteiger partial charge is 0.339 e. The highest BCUT2D eigenvalue weighted by atomic mass is 79.9. The number of amides is 1. The number of ether oxygens (including phenoxy) is 2. The van der Waals surface area contributed by atoms with E-state index in [2.05, 4.69) is 21.2 Å². The minimum Gasteiger partial charge on any atom is -0.496 e. The molecule has 0 aliphatic heterocycles. The Morgan fingerprint density at radius 2 is 1.88 bits per heavy atom. The van der Waals surface area contributed by atoms with Crippen LogP contribution in [0.3, 0.4) is 0 Å². The van der Waals surface area contributed by atoms with Gasteiger partial charge in [-0.3, -0.25) is 4.79 Å². The van der Waals surface area contributed by atoms with Gasteiger partial charge in [-0.2, -0.15) is 0 Å². The molecule has 2 rings (SSSR count). The number of hydrogen-bond donors (Lipinski definition) is 1. The molecule has 0 heterocycles. The predicted molar refractivity (Wildman–Crippen MR) is 96.1 cm³/mol. The van der Waals surface area contributed by atoms with E-state index in [0.29, 0.717) is 17.0 Å². The topological polar surface area (TPSA) is 64.6 Å². The number of rotatable bonds is 5. The fourth-order valence-electron chi connectivity index (χ4n) is 2.01. The normalized spacial score (nSPS) is 10.5. The van der Waals surface area contributed by atoms with Gasteiger partial charge >= 0.3 is 5.97 Å². The molecule has 0 spiro atoms. The number of benzene rings is 2. The second-order valence-electron chi connectivity index (χ2n) is 4.75. The van der Waals surface area contributed by atoms with Crippen molar-refractivity contribution in [2.75, 3.05) is 19.5 Å². The van der Waals surface area contributed by atoms with Crippen LogP contribution in [-0.4, -0.2) is 26.1 Å². The molecule has 0 fully saturated rings. The van der Waals surface area contributed by atoms with Crippen LogP contribution in [0, 0.1) is 0 Å². The molecule has 1 N–H and O–H groups in total. The van der Waals surface area contributed by atoms with Crippen LogP contribution in [0.15, 0.2) is 53.0 Å². The van der Waals surface area contributed by atoms with Gasteiger partial charge in [-0.05, 0) is 51.8 Å². The van der Waals surface area contributed by atoms with Crippen LogP contribution in [-0.2, 0) is 9.53 Å². The first-order valence-corrected chi connectivity index (χ1v) is 7.84. The number of halogens is 1. The standard InChI is InChI=1S/C18H16BrNO4/c1-23-16-9-7-12(11-14(16)19)8-10-17(21)20-15-6-4-3-5-13(15)18(22)24-2/h3-11H,1-2H3,(H,20,21). The largest absolute Gasteiger partial charge is 0.496 e. The number of para-hydroxylation sites is 1. The van der Waals surface area contributed by atoms with E-state index >= 15 is 0 Å². The summed E-state index contributed by atoms with van der Waals surface area (Å²) in [5.41, 5.74) is 1.53. The second kappa shape index (κ2) is 8.31. The van der Waals surface area contributed by atoms with Crippen molar-refractivity contribution >= 4 is 39.6 Å². The summed E-state index contributed by atoms with van der Waals surface area (Å²) >= 11 is 3.39. The maximum atomic E-state index is 12.1. The Hall–Kier alpha value is -2.60. The third-order valence-corrected chi connectivity index (χ3v) is 3.81. The van der Waals surface area contributed by atoms with E-state index in [4.69, 9.17) is 9.47 Å². The molecule has 0 aliphatic carbocycles. The van der Waals surface area contributed by atoms with Crippen molar-refractivity contribution in [3.8, 4) is 5.75 Å². The summed E-state index contributed by atoms with van der Waals surface area (Å²) in [5.74, 6) is -0.143. The van der Waals surface area contributed by atoms with Gasteiger partial charge in [-0.25, -0.2) is 4.79 Å². The van der Waals surface area contributed by atoms with E-state index in [1.165, 1.54) is 13.2 Å². The van der Waals surface area contributed by atoms with Gasteiger partial charge in [0, 0.05) is 6.08 Å². The molecule has 6 heteroatoms. The summed E-state index contributed by atoms with van der Waals surface area (Å²) in [4.78, 5) is 23.8. The molecule has 0 aromatic heterocycles. The first-order valence-electron chi connectivity index (χ1n) is 7.05. The van der Waals surface area contributed by atoms with E-state index in [0.717, 1.165) is 10.0 Å². The molecule has 2 aromatic rings. The maximum Gasteiger partial charge on any atom is 0.339 e. The first kappa shape index (κ1) is 17.7. The number of carbonyl (C=O) groups excluding carboxylic acids is 2. The summed E-state index contributed by atoms with van der Waals surface area (Å²) in [5, 5.41) is 2.67. The SMILES string of the molecule is COC(=O)c1ccccc1NC(=O)C=Cc1ccc(OC)c(Br)c1. The Labute approximate surface area is 148 Å². The first-order chi connectivity index (χ1) is 11.5. The number of esters is 1. The van der Waals surface area contributed by atoms with Crippen LogP contribution in [0.1, 0.15) is 15.9 Å². The average molecular weight is 390 g/mol. The molecule has 124 valence electrons. The lowest BCUT2D eigenvalue weighted by Crippen LogP contribution is -2.12. The Morgan fingerprint density at radius 1 is 1.12 bits per heavy atom. The van der Waals surface area contributed by atoms with Gasteiger partial charge in [0.2, 0.25) is 5.91 Å².